The van der Waals surface area contributed by atoms with Crippen LogP contribution in [0.1, 0.15) is 6.42 Å². The van der Waals surface area contributed by atoms with Crippen LogP contribution in [0.4, 0.5) is 17.4 Å². The first-order valence-corrected chi connectivity index (χ1v) is 6.22. The van der Waals surface area contributed by atoms with Gasteiger partial charge in [0.2, 0.25) is 0 Å². The fourth-order valence-electron chi connectivity index (χ4n) is 1.76. The van der Waals surface area contributed by atoms with Gasteiger partial charge in [-0.25, -0.2) is 0 Å². The number of nitrogens with one attached hydrogen (secondary N) is 1. The van der Waals surface area contributed by atoms with E-state index in [9.17, 15) is 10.1 Å². The molecule has 9 heteroatoms. The van der Waals surface area contributed by atoms with Gasteiger partial charge in [0, 0.05) is 38.1 Å². The molecule has 0 bridgehead atoms. The number of hydrogen-bond donors (Lipinski definition) is 2. The van der Waals surface area contributed by atoms with Gasteiger partial charge in [0.05, 0.1) is 10.5 Å². The summed E-state index contributed by atoms with van der Waals surface area (Å²) in [7, 11) is 1.62. The Labute approximate surface area is 120 Å². The number of methoxy groups -OCH3 is 1. The fraction of sp³-hybridized carbons (Fsp3) is 0.333. The van der Waals surface area contributed by atoms with Crippen LogP contribution in [-0.2, 0) is 4.74 Å². The van der Waals surface area contributed by atoms with E-state index in [1.807, 2.05) is 0 Å². The lowest BCUT2D eigenvalue weighted by atomic mass is 10.1. The van der Waals surface area contributed by atoms with E-state index in [1.54, 1.807) is 13.2 Å². The summed E-state index contributed by atoms with van der Waals surface area (Å²) in [5.41, 5.74) is 6.42. The molecule has 9 nitrogen and oxygen atoms in total. The van der Waals surface area contributed by atoms with Gasteiger partial charge in [0.1, 0.15) is 0 Å². The first-order valence-electron chi connectivity index (χ1n) is 6.22. The van der Waals surface area contributed by atoms with Crippen LogP contribution in [-0.4, -0.2) is 35.4 Å². The maximum Gasteiger partial charge on any atom is 0.313 e. The maximum absolute atomic E-state index is 10.9. The first-order chi connectivity index (χ1) is 10.1. The quantitative estimate of drug-likeness (QED) is 0.448. The molecule has 0 saturated carbocycles. The van der Waals surface area contributed by atoms with Crippen LogP contribution >= 0.6 is 0 Å². The number of nitrogen functional groups attached to an aromatic ring is 1. The largest absolute Gasteiger partial charge is 0.403 e. The van der Waals surface area contributed by atoms with E-state index < -0.39 is 4.92 Å². The molecule has 0 atom stereocenters. The number of nitrogens with two attached hydrogens (primary N) is 1. The van der Waals surface area contributed by atoms with Gasteiger partial charge in [-0.15, -0.1) is 5.10 Å². The second kappa shape index (κ2) is 6.66. The third kappa shape index (κ3) is 3.66. The van der Waals surface area contributed by atoms with Crippen LogP contribution in [0.5, 0.6) is 0 Å². The summed E-state index contributed by atoms with van der Waals surface area (Å²) >= 11 is 0. The molecule has 2 aromatic rings. The fourth-order valence-corrected chi connectivity index (χ4v) is 1.76. The minimum absolute atomic E-state index is 0.0655. The minimum Gasteiger partial charge on any atom is -0.403 e. The van der Waals surface area contributed by atoms with E-state index in [4.69, 9.17) is 14.9 Å². The summed E-state index contributed by atoms with van der Waals surface area (Å²) in [5, 5.41) is 21.4. The van der Waals surface area contributed by atoms with E-state index in [0.717, 1.165) is 6.42 Å². The van der Waals surface area contributed by atoms with Gasteiger partial charge >= 0.3 is 6.01 Å². The summed E-state index contributed by atoms with van der Waals surface area (Å²) in [4.78, 5) is 10.4. The highest BCUT2D eigenvalue weighted by Crippen LogP contribution is 2.31. The Morgan fingerprint density at radius 2 is 2.29 bits per heavy atom. The highest BCUT2D eigenvalue weighted by molar-refractivity contribution is 5.75. The SMILES string of the molecule is COCCCNc1ccc([N+](=O)[O-])cc1-c1nnc(N)o1. The number of anilines is 2. The van der Waals surface area contributed by atoms with Crippen LogP contribution in [0.15, 0.2) is 22.6 Å². The number of aromatic nitrogens is 2. The van der Waals surface area contributed by atoms with Crippen molar-refractivity contribution < 1.29 is 14.1 Å². The molecule has 0 saturated heterocycles. The lowest BCUT2D eigenvalue weighted by Crippen LogP contribution is -2.06. The van der Waals surface area contributed by atoms with E-state index in [2.05, 4.69) is 15.5 Å². The molecule has 0 amide bonds. The Morgan fingerprint density at radius 3 is 2.90 bits per heavy atom. The van der Waals surface area contributed by atoms with Crippen molar-refractivity contribution >= 4 is 17.4 Å². The average Bonchev–Trinajstić information content (AvgIpc) is 2.90. The van der Waals surface area contributed by atoms with Gasteiger partial charge in [0.15, 0.2) is 0 Å². The third-order valence-corrected chi connectivity index (χ3v) is 2.73. The summed E-state index contributed by atoms with van der Waals surface area (Å²) in [6.07, 6.45) is 0.791. The van der Waals surface area contributed by atoms with Crippen LogP contribution in [0.25, 0.3) is 11.5 Å². The number of rotatable bonds is 7. The number of benzene rings is 1. The summed E-state index contributed by atoms with van der Waals surface area (Å²) in [5.74, 6) is 0.130. The molecule has 0 aliphatic carbocycles. The van der Waals surface area contributed by atoms with Gasteiger partial charge in [-0.1, -0.05) is 5.10 Å². The monoisotopic (exact) mass is 293 g/mol. The van der Waals surface area contributed by atoms with Gasteiger partial charge in [0.25, 0.3) is 11.6 Å². The molecular formula is C12H15N5O4. The average molecular weight is 293 g/mol. The van der Waals surface area contributed by atoms with Gasteiger partial charge in [-0.3, -0.25) is 10.1 Å². The van der Waals surface area contributed by atoms with Crippen molar-refractivity contribution in [3.05, 3.63) is 28.3 Å². The zero-order valence-corrected chi connectivity index (χ0v) is 11.4. The minimum atomic E-state index is -0.488. The molecule has 0 fully saturated rings. The Kier molecular flexibility index (Phi) is 4.67. The highest BCUT2D eigenvalue weighted by Gasteiger charge is 2.16. The summed E-state index contributed by atoms with van der Waals surface area (Å²) in [6.45, 7) is 1.26. The molecule has 3 N–H and O–H groups in total. The molecule has 0 unspecified atom stereocenters. The molecule has 112 valence electrons. The van der Waals surface area contributed by atoms with Crippen molar-refractivity contribution in [1.82, 2.24) is 10.2 Å². The smallest absolute Gasteiger partial charge is 0.313 e. The zero-order chi connectivity index (χ0) is 15.2. The van der Waals surface area contributed by atoms with Gasteiger partial charge in [-0.05, 0) is 12.5 Å². The molecule has 1 heterocycles. The maximum atomic E-state index is 10.9. The third-order valence-electron chi connectivity index (χ3n) is 2.73. The molecule has 0 aliphatic rings. The number of nitrogens with zero attached hydrogens (tertiary/aromatic N) is 3. The second-order valence-electron chi connectivity index (χ2n) is 4.21. The Hall–Kier alpha value is -2.68. The van der Waals surface area contributed by atoms with Gasteiger partial charge in [-0.2, -0.15) is 0 Å². The van der Waals surface area contributed by atoms with E-state index >= 15 is 0 Å². The van der Waals surface area contributed by atoms with Crippen molar-refractivity contribution in [3.8, 4) is 11.5 Å². The topological polar surface area (TPSA) is 129 Å². The molecule has 1 aromatic heterocycles. The molecule has 1 aromatic carbocycles. The summed E-state index contributed by atoms with van der Waals surface area (Å²) < 4.78 is 10.1. The van der Waals surface area contributed by atoms with Crippen LogP contribution < -0.4 is 11.1 Å². The Bertz CT molecular complexity index is 628. The highest BCUT2D eigenvalue weighted by atomic mass is 16.6. The second-order valence-corrected chi connectivity index (χ2v) is 4.21. The number of non-ortho nitro benzene ring substituents is 1. The van der Waals surface area contributed by atoms with E-state index in [-0.39, 0.29) is 17.6 Å². The molecule has 0 aliphatic heterocycles. The van der Waals surface area contributed by atoms with Crippen molar-refractivity contribution in [2.45, 2.75) is 6.42 Å². The number of nitro benzene ring substituents is 1. The Balaban J connectivity index is 2.28. The molecular weight excluding hydrogens is 278 g/mol. The number of ether oxygens (including phenoxy) is 1. The molecule has 21 heavy (non-hydrogen) atoms. The van der Waals surface area contributed by atoms with E-state index in [0.29, 0.717) is 24.4 Å². The van der Waals surface area contributed by atoms with Crippen LogP contribution in [0.3, 0.4) is 0 Å². The van der Waals surface area contributed by atoms with E-state index in [1.165, 1.54) is 12.1 Å². The summed E-state index contributed by atoms with van der Waals surface area (Å²) in [6, 6.07) is 4.27. The lowest BCUT2D eigenvalue weighted by molar-refractivity contribution is -0.384. The molecule has 0 radical (unpaired) electrons. The number of nitro groups is 1. The van der Waals surface area contributed by atoms with Crippen molar-refractivity contribution in [2.24, 2.45) is 0 Å². The predicted octanol–water partition coefficient (Wildman–Crippen LogP) is 1.68. The molecule has 0 spiro atoms. The predicted molar refractivity (Wildman–Crippen MR) is 75.8 cm³/mol. The van der Waals surface area contributed by atoms with Crippen molar-refractivity contribution in [3.63, 3.8) is 0 Å². The lowest BCUT2D eigenvalue weighted by Gasteiger charge is -2.09. The first kappa shape index (κ1) is 14.7. The van der Waals surface area contributed by atoms with Crippen molar-refractivity contribution in [1.29, 1.82) is 0 Å². The Morgan fingerprint density at radius 1 is 1.48 bits per heavy atom. The zero-order valence-electron chi connectivity index (χ0n) is 11.4. The van der Waals surface area contributed by atoms with Gasteiger partial charge < -0.3 is 20.2 Å². The number of hydrogen-bond acceptors (Lipinski definition) is 8. The van der Waals surface area contributed by atoms with Crippen LogP contribution in [0.2, 0.25) is 0 Å². The van der Waals surface area contributed by atoms with Crippen molar-refractivity contribution in [2.75, 3.05) is 31.3 Å². The standard InChI is InChI=1S/C12H15N5O4/c1-20-6-2-5-14-10-4-3-8(17(18)19)7-9(10)11-15-16-12(13)21-11/h3-4,7,14H,2,5-6H2,1H3,(H2,13,16). The van der Waals surface area contributed by atoms with Crippen LogP contribution in [0, 0.1) is 10.1 Å². The normalized spacial score (nSPS) is 10.5. The molecule has 2 rings (SSSR count).